The van der Waals surface area contributed by atoms with E-state index in [4.69, 9.17) is 4.74 Å². The van der Waals surface area contributed by atoms with Crippen LogP contribution in [0.4, 0.5) is 10.1 Å². The summed E-state index contributed by atoms with van der Waals surface area (Å²) in [7, 11) is 3.62. The molecule has 0 aromatic heterocycles. The first kappa shape index (κ1) is 21.7. The quantitative estimate of drug-likeness (QED) is 0.726. The third-order valence-electron chi connectivity index (χ3n) is 5.15. The fourth-order valence-corrected chi connectivity index (χ4v) is 3.28. The molecule has 30 heavy (non-hydrogen) atoms. The van der Waals surface area contributed by atoms with Crippen LogP contribution < -0.4 is 15.4 Å². The number of carbonyl (C=O) groups is 2. The molecule has 1 aliphatic rings. The number of benzene rings is 2. The molecule has 0 bridgehead atoms. The number of nitrogens with one attached hydrogen (secondary N) is 2. The number of piperazine rings is 1. The number of anilines is 1. The van der Waals surface area contributed by atoms with E-state index < -0.39 is 17.6 Å². The van der Waals surface area contributed by atoms with Crippen molar-refractivity contribution in [2.75, 3.05) is 58.7 Å². The zero-order valence-electron chi connectivity index (χ0n) is 17.3. The lowest BCUT2D eigenvalue weighted by atomic mass is 10.1. The number of hydrogen-bond acceptors (Lipinski definition) is 5. The molecular formula is C22H27FN4O3. The number of amides is 2. The molecular weight excluding hydrogens is 387 g/mol. The number of hydrogen-bond donors (Lipinski definition) is 2. The zero-order valence-corrected chi connectivity index (χ0v) is 17.3. The molecule has 0 unspecified atom stereocenters. The zero-order chi connectivity index (χ0) is 21.5. The van der Waals surface area contributed by atoms with Crippen LogP contribution in [-0.2, 0) is 0 Å². The molecule has 2 aromatic rings. The van der Waals surface area contributed by atoms with Gasteiger partial charge >= 0.3 is 0 Å². The molecule has 1 fully saturated rings. The monoisotopic (exact) mass is 414 g/mol. The lowest BCUT2D eigenvalue weighted by Crippen LogP contribution is -2.47. The highest BCUT2D eigenvalue weighted by molar-refractivity contribution is 6.09. The summed E-state index contributed by atoms with van der Waals surface area (Å²) in [6.45, 7) is 4.96. The van der Waals surface area contributed by atoms with E-state index in [1.165, 1.54) is 25.3 Å². The molecule has 2 aromatic carbocycles. The highest BCUT2D eigenvalue weighted by Gasteiger charge is 2.19. The Morgan fingerprint density at radius 1 is 1.03 bits per heavy atom. The van der Waals surface area contributed by atoms with E-state index in [-0.39, 0.29) is 11.3 Å². The summed E-state index contributed by atoms with van der Waals surface area (Å²) in [6.07, 6.45) is 0. The minimum absolute atomic E-state index is 0.132. The van der Waals surface area contributed by atoms with Gasteiger partial charge in [0, 0.05) is 44.8 Å². The summed E-state index contributed by atoms with van der Waals surface area (Å²) in [5.74, 6) is -1.04. The van der Waals surface area contributed by atoms with Crippen LogP contribution in [-0.4, -0.2) is 75.0 Å². The number of carbonyl (C=O) groups excluding carboxylic acids is 2. The molecule has 0 atom stereocenters. The second-order valence-electron chi connectivity index (χ2n) is 7.25. The predicted molar refractivity (Wildman–Crippen MR) is 114 cm³/mol. The molecule has 1 heterocycles. The van der Waals surface area contributed by atoms with Crippen molar-refractivity contribution >= 4 is 17.5 Å². The van der Waals surface area contributed by atoms with Crippen LogP contribution in [0.2, 0.25) is 0 Å². The largest absolute Gasteiger partial charge is 0.497 e. The lowest BCUT2D eigenvalue weighted by molar-refractivity contribution is 0.0938. The maximum Gasteiger partial charge on any atom is 0.256 e. The molecule has 7 nitrogen and oxygen atoms in total. The number of rotatable bonds is 7. The second-order valence-corrected chi connectivity index (χ2v) is 7.25. The summed E-state index contributed by atoms with van der Waals surface area (Å²) in [5, 5.41) is 5.40. The first-order valence-electron chi connectivity index (χ1n) is 9.91. The summed E-state index contributed by atoms with van der Waals surface area (Å²) < 4.78 is 19.5. The smallest absolute Gasteiger partial charge is 0.256 e. The van der Waals surface area contributed by atoms with Crippen LogP contribution in [0.15, 0.2) is 42.5 Å². The number of nitrogens with zero attached hydrogens (tertiary/aromatic N) is 2. The molecule has 0 radical (unpaired) electrons. The summed E-state index contributed by atoms with van der Waals surface area (Å²) >= 11 is 0. The number of likely N-dealkylation sites (N-methyl/N-ethyl adjacent to an activating group) is 1. The van der Waals surface area contributed by atoms with Crippen LogP contribution >= 0.6 is 0 Å². The highest BCUT2D eigenvalue weighted by Crippen LogP contribution is 2.20. The Hall–Kier alpha value is -2.97. The van der Waals surface area contributed by atoms with E-state index in [2.05, 4.69) is 27.5 Å². The molecule has 1 saturated heterocycles. The van der Waals surface area contributed by atoms with Gasteiger partial charge in [-0.3, -0.25) is 14.5 Å². The number of ether oxygens (including phenoxy) is 1. The van der Waals surface area contributed by atoms with E-state index in [1.807, 2.05) is 0 Å². The standard InChI is InChI=1S/C22H27FN4O3/c1-26-12-14-27(15-13-26)11-10-24-22(29)20-18(23)4-3-5-19(20)25-21(28)16-6-8-17(30-2)9-7-16/h3-9H,10-15H2,1-2H3,(H,24,29)(H,25,28). The van der Waals surface area contributed by atoms with Crippen LogP contribution in [0, 0.1) is 5.82 Å². The van der Waals surface area contributed by atoms with Crippen LogP contribution in [0.3, 0.4) is 0 Å². The highest BCUT2D eigenvalue weighted by atomic mass is 19.1. The van der Waals surface area contributed by atoms with Crippen molar-refractivity contribution < 1.29 is 18.7 Å². The maximum absolute atomic E-state index is 14.4. The molecule has 160 valence electrons. The van der Waals surface area contributed by atoms with Gasteiger partial charge in [-0.25, -0.2) is 4.39 Å². The number of halogens is 1. The Morgan fingerprint density at radius 2 is 1.73 bits per heavy atom. The molecule has 0 spiro atoms. The molecule has 8 heteroatoms. The molecule has 0 aliphatic carbocycles. The summed E-state index contributed by atoms with van der Waals surface area (Å²) in [4.78, 5) is 29.7. The Morgan fingerprint density at radius 3 is 2.40 bits per heavy atom. The topological polar surface area (TPSA) is 73.9 Å². The van der Waals surface area contributed by atoms with Gasteiger partial charge in [0.05, 0.1) is 18.4 Å². The van der Waals surface area contributed by atoms with Crippen molar-refractivity contribution in [3.05, 3.63) is 59.4 Å². The Labute approximate surface area is 175 Å². The predicted octanol–water partition coefficient (Wildman–Crippen LogP) is 2.06. The lowest BCUT2D eigenvalue weighted by Gasteiger charge is -2.32. The van der Waals surface area contributed by atoms with Gasteiger partial charge in [-0.15, -0.1) is 0 Å². The minimum atomic E-state index is -0.681. The van der Waals surface area contributed by atoms with Gasteiger partial charge in [-0.1, -0.05) is 6.07 Å². The average molecular weight is 414 g/mol. The van der Waals surface area contributed by atoms with Gasteiger partial charge in [-0.05, 0) is 43.4 Å². The molecule has 3 rings (SSSR count). The number of methoxy groups -OCH3 is 1. The molecule has 1 aliphatic heterocycles. The van der Waals surface area contributed by atoms with Crippen molar-refractivity contribution in [2.45, 2.75) is 0 Å². The van der Waals surface area contributed by atoms with Gasteiger partial charge in [0.1, 0.15) is 11.6 Å². The van der Waals surface area contributed by atoms with Gasteiger partial charge < -0.3 is 20.3 Å². The third-order valence-corrected chi connectivity index (χ3v) is 5.15. The SMILES string of the molecule is COc1ccc(C(=O)Nc2cccc(F)c2C(=O)NCCN2CCN(C)CC2)cc1. The van der Waals surface area contributed by atoms with Gasteiger partial charge in [0.25, 0.3) is 11.8 Å². The van der Waals surface area contributed by atoms with E-state index in [0.717, 1.165) is 26.2 Å². The molecule has 0 saturated carbocycles. The van der Waals surface area contributed by atoms with Crippen molar-refractivity contribution in [1.82, 2.24) is 15.1 Å². The summed E-state index contributed by atoms with van der Waals surface area (Å²) in [5.41, 5.74) is 0.340. The van der Waals surface area contributed by atoms with Crippen molar-refractivity contribution in [3.8, 4) is 5.75 Å². The summed E-state index contributed by atoms with van der Waals surface area (Å²) in [6, 6.07) is 10.7. The molecule has 2 N–H and O–H groups in total. The van der Waals surface area contributed by atoms with Gasteiger partial charge in [-0.2, -0.15) is 0 Å². The van der Waals surface area contributed by atoms with E-state index >= 15 is 0 Å². The molecule has 2 amide bonds. The fraction of sp³-hybridized carbons (Fsp3) is 0.364. The van der Waals surface area contributed by atoms with Crippen molar-refractivity contribution in [2.24, 2.45) is 0 Å². The van der Waals surface area contributed by atoms with Crippen LogP contribution in [0.5, 0.6) is 5.75 Å². The Balaban J connectivity index is 1.63. The van der Waals surface area contributed by atoms with Crippen LogP contribution in [0.1, 0.15) is 20.7 Å². The van der Waals surface area contributed by atoms with Crippen molar-refractivity contribution in [3.63, 3.8) is 0 Å². The Kier molecular flexibility index (Phi) is 7.37. The second kappa shape index (κ2) is 10.2. The third kappa shape index (κ3) is 5.55. The first-order valence-corrected chi connectivity index (χ1v) is 9.91. The van der Waals surface area contributed by atoms with E-state index in [9.17, 15) is 14.0 Å². The van der Waals surface area contributed by atoms with Gasteiger partial charge in [0.2, 0.25) is 0 Å². The maximum atomic E-state index is 14.4. The minimum Gasteiger partial charge on any atom is -0.497 e. The van der Waals surface area contributed by atoms with E-state index in [0.29, 0.717) is 24.4 Å². The van der Waals surface area contributed by atoms with Gasteiger partial charge in [0.15, 0.2) is 0 Å². The van der Waals surface area contributed by atoms with Crippen molar-refractivity contribution in [1.29, 1.82) is 0 Å². The first-order chi connectivity index (χ1) is 14.5. The normalized spacial score (nSPS) is 14.9. The average Bonchev–Trinajstić information content (AvgIpc) is 2.75. The van der Waals surface area contributed by atoms with E-state index in [1.54, 1.807) is 24.3 Å². The van der Waals surface area contributed by atoms with Crippen LogP contribution in [0.25, 0.3) is 0 Å². The fourth-order valence-electron chi connectivity index (χ4n) is 3.28. The Bertz CT molecular complexity index is 880.